The number of aromatic nitrogens is 2. The lowest BCUT2D eigenvalue weighted by atomic mass is 10.1. The predicted molar refractivity (Wildman–Crippen MR) is 78.9 cm³/mol. The highest BCUT2D eigenvalue weighted by molar-refractivity contribution is 6.31. The van der Waals surface area contributed by atoms with Crippen LogP contribution in [0.5, 0.6) is 0 Å². The fraction of sp³-hybridized carbons (Fsp3) is 0.692. The molecule has 0 spiro atoms. The van der Waals surface area contributed by atoms with Crippen LogP contribution in [0.2, 0.25) is 10.3 Å². The van der Waals surface area contributed by atoms with Gasteiger partial charge in [0.15, 0.2) is 10.3 Å². The van der Waals surface area contributed by atoms with E-state index in [-0.39, 0.29) is 0 Å². The van der Waals surface area contributed by atoms with Crippen molar-refractivity contribution in [1.29, 1.82) is 0 Å². The van der Waals surface area contributed by atoms with Gasteiger partial charge in [0.05, 0.1) is 0 Å². The van der Waals surface area contributed by atoms with Gasteiger partial charge in [0.25, 0.3) is 0 Å². The molecule has 0 bridgehead atoms. The molecule has 1 aliphatic rings. The van der Waals surface area contributed by atoms with Crippen LogP contribution in [0.15, 0.2) is 6.07 Å². The van der Waals surface area contributed by atoms with E-state index in [0.717, 1.165) is 31.5 Å². The van der Waals surface area contributed by atoms with Crippen molar-refractivity contribution in [3.05, 3.63) is 21.9 Å². The molecule has 1 saturated heterocycles. The minimum Gasteiger partial charge on any atom is -0.313 e. The molecule has 0 aromatic carbocycles. The van der Waals surface area contributed by atoms with Gasteiger partial charge in [0, 0.05) is 12.6 Å². The first-order valence-electron chi connectivity index (χ1n) is 6.74. The van der Waals surface area contributed by atoms with Gasteiger partial charge in [-0.25, -0.2) is 0 Å². The summed E-state index contributed by atoms with van der Waals surface area (Å²) in [5.41, 5.74) is 0.976. The van der Waals surface area contributed by atoms with E-state index in [1.54, 1.807) is 6.07 Å². The second-order valence-corrected chi connectivity index (χ2v) is 5.89. The Morgan fingerprint density at radius 1 is 1.42 bits per heavy atom. The van der Waals surface area contributed by atoms with Crippen LogP contribution in [-0.4, -0.2) is 47.8 Å². The molecule has 1 aromatic rings. The van der Waals surface area contributed by atoms with Crippen LogP contribution in [-0.2, 0) is 6.42 Å². The van der Waals surface area contributed by atoms with E-state index in [2.05, 4.69) is 27.5 Å². The van der Waals surface area contributed by atoms with Crippen molar-refractivity contribution in [2.45, 2.75) is 31.7 Å². The minimum absolute atomic E-state index is 0.404. The Bertz CT molecular complexity index is 414. The van der Waals surface area contributed by atoms with Crippen LogP contribution in [0.4, 0.5) is 0 Å². The molecule has 6 heteroatoms. The fourth-order valence-corrected chi connectivity index (χ4v) is 2.84. The van der Waals surface area contributed by atoms with Crippen molar-refractivity contribution in [1.82, 2.24) is 20.4 Å². The number of hydrogen-bond donors (Lipinski definition) is 1. The molecule has 2 rings (SSSR count). The summed E-state index contributed by atoms with van der Waals surface area (Å²) in [6, 6.07) is 2.42. The quantitative estimate of drug-likeness (QED) is 0.848. The summed E-state index contributed by atoms with van der Waals surface area (Å²) in [5.74, 6) is 0. The summed E-state index contributed by atoms with van der Waals surface area (Å²) in [4.78, 5) is 2.38. The Morgan fingerprint density at radius 3 is 3.05 bits per heavy atom. The van der Waals surface area contributed by atoms with Gasteiger partial charge in [0.1, 0.15) is 0 Å². The fourth-order valence-electron chi connectivity index (χ4n) is 2.48. The Kier molecular flexibility index (Phi) is 5.82. The van der Waals surface area contributed by atoms with Gasteiger partial charge in [0.2, 0.25) is 0 Å². The first-order valence-corrected chi connectivity index (χ1v) is 7.50. The molecule has 1 fully saturated rings. The summed E-state index contributed by atoms with van der Waals surface area (Å²) in [7, 11) is 2.18. The average molecular weight is 303 g/mol. The van der Waals surface area contributed by atoms with Crippen molar-refractivity contribution in [3.8, 4) is 0 Å². The number of halogens is 2. The number of piperidine rings is 1. The van der Waals surface area contributed by atoms with Gasteiger partial charge in [-0.3, -0.25) is 0 Å². The normalized spacial score (nSPS) is 20.7. The molecule has 1 N–H and O–H groups in total. The van der Waals surface area contributed by atoms with E-state index in [4.69, 9.17) is 23.2 Å². The second-order valence-electron chi connectivity index (χ2n) is 5.14. The molecule has 1 aromatic heterocycles. The maximum atomic E-state index is 5.98. The zero-order valence-corrected chi connectivity index (χ0v) is 12.7. The Hall–Kier alpha value is -0.420. The molecule has 1 aliphatic heterocycles. The molecule has 0 amide bonds. The molecular weight excluding hydrogens is 283 g/mol. The smallest absolute Gasteiger partial charge is 0.155 e. The summed E-state index contributed by atoms with van der Waals surface area (Å²) in [6.45, 7) is 3.35. The van der Waals surface area contributed by atoms with Gasteiger partial charge in [-0.15, -0.1) is 10.2 Å². The van der Waals surface area contributed by atoms with Crippen molar-refractivity contribution >= 4 is 23.2 Å². The molecule has 4 nitrogen and oxygen atoms in total. The van der Waals surface area contributed by atoms with Crippen LogP contribution in [0.3, 0.4) is 0 Å². The second kappa shape index (κ2) is 7.39. The van der Waals surface area contributed by atoms with Gasteiger partial charge < -0.3 is 10.2 Å². The van der Waals surface area contributed by atoms with Crippen LogP contribution >= 0.6 is 23.2 Å². The van der Waals surface area contributed by atoms with Gasteiger partial charge in [-0.2, -0.15) is 0 Å². The van der Waals surface area contributed by atoms with E-state index in [1.165, 1.54) is 19.4 Å². The van der Waals surface area contributed by atoms with Gasteiger partial charge in [-0.1, -0.05) is 23.2 Å². The van der Waals surface area contributed by atoms with Crippen LogP contribution in [0, 0.1) is 0 Å². The van der Waals surface area contributed by atoms with Crippen molar-refractivity contribution < 1.29 is 0 Å². The highest BCUT2D eigenvalue weighted by Gasteiger charge is 2.15. The van der Waals surface area contributed by atoms with E-state index >= 15 is 0 Å². The molecule has 0 aliphatic carbocycles. The van der Waals surface area contributed by atoms with Crippen LogP contribution < -0.4 is 5.32 Å². The van der Waals surface area contributed by atoms with E-state index in [0.29, 0.717) is 16.3 Å². The van der Waals surface area contributed by atoms with Crippen LogP contribution in [0.1, 0.15) is 24.8 Å². The number of rotatable bonds is 5. The number of likely N-dealkylation sites (N-methyl/N-ethyl adjacent to an activating group) is 1. The highest BCUT2D eigenvalue weighted by atomic mass is 35.5. The minimum atomic E-state index is 0.404. The largest absolute Gasteiger partial charge is 0.313 e. The summed E-state index contributed by atoms with van der Waals surface area (Å²) in [5, 5.41) is 12.0. The lowest BCUT2D eigenvalue weighted by Crippen LogP contribution is -2.44. The molecular formula is C13H20Cl2N4. The van der Waals surface area contributed by atoms with E-state index in [9.17, 15) is 0 Å². The topological polar surface area (TPSA) is 41.0 Å². The maximum absolute atomic E-state index is 5.98. The van der Waals surface area contributed by atoms with Crippen molar-refractivity contribution in [2.24, 2.45) is 0 Å². The highest BCUT2D eigenvalue weighted by Crippen LogP contribution is 2.17. The summed E-state index contributed by atoms with van der Waals surface area (Å²) >= 11 is 11.8. The third kappa shape index (κ3) is 4.88. The number of nitrogens with zero attached hydrogens (tertiary/aromatic N) is 3. The number of hydrogen-bond acceptors (Lipinski definition) is 4. The van der Waals surface area contributed by atoms with Crippen LogP contribution in [0.25, 0.3) is 0 Å². The summed E-state index contributed by atoms with van der Waals surface area (Å²) < 4.78 is 0. The van der Waals surface area contributed by atoms with E-state index in [1.807, 2.05) is 0 Å². The first kappa shape index (κ1) is 15.0. The van der Waals surface area contributed by atoms with E-state index < -0.39 is 0 Å². The zero-order valence-electron chi connectivity index (χ0n) is 11.2. The lowest BCUT2D eigenvalue weighted by molar-refractivity contribution is 0.227. The monoisotopic (exact) mass is 302 g/mol. The average Bonchev–Trinajstić information content (AvgIpc) is 2.39. The Labute approximate surface area is 124 Å². The van der Waals surface area contributed by atoms with Gasteiger partial charge in [-0.05, 0) is 57.5 Å². The first-order chi connectivity index (χ1) is 9.15. The third-order valence-corrected chi connectivity index (χ3v) is 3.98. The molecule has 2 heterocycles. The molecule has 0 saturated carbocycles. The molecule has 0 radical (unpaired) electrons. The zero-order chi connectivity index (χ0) is 13.7. The number of nitrogens with one attached hydrogen (secondary N) is 1. The van der Waals surface area contributed by atoms with Crippen molar-refractivity contribution in [3.63, 3.8) is 0 Å². The third-order valence-electron chi connectivity index (χ3n) is 3.47. The Morgan fingerprint density at radius 2 is 2.26 bits per heavy atom. The van der Waals surface area contributed by atoms with Crippen molar-refractivity contribution in [2.75, 3.05) is 26.7 Å². The maximum Gasteiger partial charge on any atom is 0.155 e. The molecule has 106 valence electrons. The van der Waals surface area contributed by atoms with Gasteiger partial charge >= 0.3 is 0 Å². The predicted octanol–water partition coefficient (Wildman–Crippen LogP) is 2.40. The summed E-state index contributed by atoms with van der Waals surface area (Å²) in [6.07, 6.45) is 4.46. The number of aryl methyl sites for hydroxylation is 1. The molecule has 0 unspecified atom stereocenters. The number of likely N-dealkylation sites (tertiary alicyclic amines) is 1. The SMILES string of the molecule is CN1CCC[C@@H](NCCCc2cc(Cl)nnc2Cl)C1. The molecule has 19 heavy (non-hydrogen) atoms. The molecule has 1 atom stereocenters. The lowest BCUT2D eigenvalue weighted by Gasteiger charge is -2.30. The standard InChI is InChI=1S/C13H20Cl2N4/c1-19-7-3-5-11(9-19)16-6-2-4-10-8-12(14)17-18-13(10)15/h8,11,16H,2-7,9H2,1H3/t11-/m1/s1. The Balaban J connectivity index is 1.70.